The Labute approximate surface area is 86.8 Å². The fourth-order valence-corrected chi connectivity index (χ4v) is 1.82. The van der Waals surface area contributed by atoms with Crippen LogP contribution in [-0.2, 0) is 4.79 Å². The van der Waals surface area contributed by atoms with Gasteiger partial charge in [0.05, 0.1) is 0 Å². The molecular formula is C9H15F3N2O. The minimum absolute atomic E-state index is 0.321. The van der Waals surface area contributed by atoms with Crippen LogP contribution in [0.5, 0.6) is 0 Å². The Bertz CT molecular complexity index is 242. The molecule has 1 saturated heterocycles. The van der Waals surface area contributed by atoms with E-state index in [1.165, 1.54) is 7.05 Å². The van der Waals surface area contributed by atoms with Gasteiger partial charge in [-0.3, -0.25) is 4.79 Å². The lowest BCUT2D eigenvalue weighted by Gasteiger charge is -2.35. The summed E-state index contributed by atoms with van der Waals surface area (Å²) in [6, 6.07) is -0.321. The SMILES string of the molecule is CN1CCCC(N(C)C(=O)C(F)(F)F)C1. The Morgan fingerprint density at radius 2 is 2.07 bits per heavy atom. The average molecular weight is 224 g/mol. The van der Waals surface area contributed by atoms with Crippen LogP contribution < -0.4 is 0 Å². The number of likely N-dealkylation sites (tertiary alicyclic amines) is 1. The number of amides is 1. The monoisotopic (exact) mass is 224 g/mol. The molecule has 1 fully saturated rings. The minimum Gasteiger partial charge on any atom is -0.334 e. The van der Waals surface area contributed by atoms with Crippen LogP contribution in [0, 0.1) is 0 Å². The Morgan fingerprint density at radius 3 is 2.53 bits per heavy atom. The van der Waals surface area contributed by atoms with Gasteiger partial charge in [0, 0.05) is 19.6 Å². The molecule has 1 aliphatic rings. The van der Waals surface area contributed by atoms with Crippen molar-refractivity contribution < 1.29 is 18.0 Å². The third-order valence-corrected chi connectivity index (χ3v) is 2.71. The van der Waals surface area contributed by atoms with E-state index in [0.29, 0.717) is 13.0 Å². The summed E-state index contributed by atoms with van der Waals surface area (Å²) >= 11 is 0. The van der Waals surface area contributed by atoms with Crippen molar-refractivity contribution in [3.05, 3.63) is 0 Å². The molecule has 0 aromatic rings. The highest BCUT2D eigenvalue weighted by molar-refractivity contribution is 5.81. The third kappa shape index (κ3) is 3.09. The Kier molecular flexibility index (Phi) is 3.59. The predicted octanol–water partition coefficient (Wildman–Crippen LogP) is 1.10. The van der Waals surface area contributed by atoms with Gasteiger partial charge in [-0.15, -0.1) is 0 Å². The van der Waals surface area contributed by atoms with Crippen LogP contribution in [0.1, 0.15) is 12.8 Å². The first-order valence-corrected chi connectivity index (χ1v) is 4.85. The number of hydrogen-bond donors (Lipinski definition) is 0. The van der Waals surface area contributed by atoms with Gasteiger partial charge in [0.25, 0.3) is 0 Å². The first kappa shape index (κ1) is 12.3. The summed E-state index contributed by atoms with van der Waals surface area (Å²) in [5.41, 5.74) is 0. The van der Waals surface area contributed by atoms with Gasteiger partial charge < -0.3 is 9.80 Å². The molecule has 1 heterocycles. The van der Waals surface area contributed by atoms with E-state index in [4.69, 9.17) is 0 Å². The summed E-state index contributed by atoms with van der Waals surface area (Å²) < 4.78 is 36.4. The van der Waals surface area contributed by atoms with Crippen molar-refractivity contribution in [3.63, 3.8) is 0 Å². The van der Waals surface area contributed by atoms with Crippen molar-refractivity contribution in [2.75, 3.05) is 27.2 Å². The Hall–Kier alpha value is -0.780. The van der Waals surface area contributed by atoms with Gasteiger partial charge in [0.2, 0.25) is 0 Å². The maximum Gasteiger partial charge on any atom is 0.471 e. The maximum atomic E-state index is 12.1. The average Bonchev–Trinajstić information content (AvgIpc) is 2.14. The quantitative estimate of drug-likeness (QED) is 0.666. The number of likely N-dealkylation sites (N-methyl/N-ethyl adjacent to an activating group) is 2. The van der Waals surface area contributed by atoms with E-state index >= 15 is 0 Å². The van der Waals surface area contributed by atoms with E-state index in [9.17, 15) is 18.0 Å². The van der Waals surface area contributed by atoms with Gasteiger partial charge in [-0.2, -0.15) is 13.2 Å². The second-order valence-corrected chi connectivity index (χ2v) is 3.97. The number of hydrogen-bond acceptors (Lipinski definition) is 2. The molecule has 0 spiro atoms. The van der Waals surface area contributed by atoms with Gasteiger partial charge in [0.15, 0.2) is 0 Å². The summed E-state index contributed by atoms with van der Waals surface area (Å²) in [5, 5.41) is 0. The summed E-state index contributed by atoms with van der Waals surface area (Å²) in [6.07, 6.45) is -3.29. The lowest BCUT2D eigenvalue weighted by Crippen LogP contribution is -2.50. The standard InChI is InChI=1S/C9H15F3N2O/c1-13-5-3-4-7(6-13)14(2)8(15)9(10,11)12/h7H,3-6H2,1-2H3. The number of piperidine rings is 1. The van der Waals surface area contributed by atoms with Crippen molar-refractivity contribution >= 4 is 5.91 Å². The van der Waals surface area contributed by atoms with Crippen LogP contribution >= 0.6 is 0 Å². The van der Waals surface area contributed by atoms with E-state index in [2.05, 4.69) is 0 Å². The van der Waals surface area contributed by atoms with E-state index in [1.54, 1.807) is 0 Å². The van der Waals surface area contributed by atoms with E-state index in [0.717, 1.165) is 17.9 Å². The van der Waals surface area contributed by atoms with Crippen molar-refractivity contribution in [2.24, 2.45) is 0 Å². The highest BCUT2D eigenvalue weighted by Gasteiger charge is 2.43. The van der Waals surface area contributed by atoms with Crippen LogP contribution in [-0.4, -0.2) is 55.1 Å². The second kappa shape index (κ2) is 4.38. The van der Waals surface area contributed by atoms with Crippen LogP contribution in [0.3, 0.4) is 0 Å². The largest absolute Gasteiger partial charge is 0.471 e. The molecular weight excluding hydrogens is 209 g/mol. The Balaban J connectivity index is 2.59. The topological polar surface area (TPSA) is 23.6 Å². The highest BCUT2D eigenvalue weighted by Crippen LogP contribution is 2.21. The van der Waals surface area contributed by atoms with Crippen molar-refractivity contribution in [1.82, 2.24) is 9.80 Å². The number of alkyl halides is 3. The molecule has 0 aromatic heterocycles. The number of carbonyl (C=O) groups is 1. The molecule has 1 unspecified atom stereocenters. The Morgan fingerprint density at radius 1 is 1.47 bits per heavy atom. The zero-order valence-corrected chi connectivity index (χ0v) is 8.84. The smallest absolute Gasteiger partial charge is 0.334 e. The van der Waals surface area contributed by atoms with Gasteiger partial charge in [-0.05, 0) is 26.4 Å². The molecule has 0 aromatic carbocycles. The second-order valence-electron chi connectivity index (χ2n) is 3.97. The van der Waals surface area contributed by atoms with Crippen LogP contribution in [0.4, 0.5) is 13.2 Å². The normalized spacial score (nSPS) is 23.9. The highest BCUT2D eigenvalue weighted by atomic mass is 19.4. The summed E-state index contributed by atoms with van der Waals surface area (Å²) in [7, 11) is 3.07. The molecule has 0 radical (unpaired) electrons. The van der Waals surface area contributed by atoms with Crippen molar-refractivity contribution in [1.29, 1.82) is 0 Å². The van der Waals surface area contributed by atoms with E-state index in [-0.39, 0.29) is 6.04 Å². The lowest BCUT2D eigenvalue weighted by atomic mass is 10.1. The van der Waals surface area contributed by atoms with Crippen LogP contribution in [0.2, 0.25) is 0 Å². The zero-order chi connectivity index (χ0) is 11.6. The molecule has 88 valence electrons. The molecule has 0 saturated carbocycles. The molecule has 1 amide bonds. The van der Waals surface area contributed by atoms with Gasteiger partial charge in [0.1, 0.15) is 0 Å². The van der Waals surface area contributed by atoms with Gasteiger partial charge in [-0.1, -0.05) is 0 Å². The van der Waals surface area contributed by atoms with Crippen LogP contribution in [0.25, 0.3) is 0 Å². The summed E-state index contributed by atoms with van der Waals surface area (Å²) in [4.78, 5) is 13.7. The lowest BCUT2D eigenvalue weighted by molar-refractivity contribution is -0.187. The third-order valence-electron chi connectivity index (χ3n) is 2.71. The van der Waals surface area contributed by atoms with Gasteiger partial charge in [-0.25, -0.2) is 0 Å². The van der Waals surface area contributed by atoms with Crippen molar-refractivity contribution in [2.45, 2.75) is 25.1 Å². The van der Waals surface area contributed by atoms with E-state index < -0.39 is 12.1 Å². The molecule has 0 N–H and O–H groups in total. The van der Waals surface area contributed by atoms with Crippen molar-refractivity contribution in [3.8, 4) is 0 Å². The molecule has 1 aliphatic heterocycles. The summed E-state index contributed by atoms with van der Waals surface area (Å²) in [5.74, 6) is -1.75. The zero-order valence-electron chi connectivity index (χ0n) is 8.84. The molecule has 15 heavy (non-hydrogen) atoms. The predicted molar refractivity (Wildman–Crippen MR) is 49.3 cm³/mol. The maximum absolute atomic E-state index is 12.1. The van der Waals surface area contributed by atoms with E-state index in [1.807, 2.05) is 11.9 Å². The van der Waals surface area contributed by atoms with Gasteiger partial charge >= 0.3 is 12.1 Å². The molecule has 1 rings (SSSR count). The fraction of sp³-hybridized carbons (Fsp3) is 0.889. The van der Waals surface area contributed by atoms with Crippen LogP contribution in [0.15, 0.2) is 0 Å². The molecule has 0 aliphatic carbocycles. The fourth-order valence-electron chi connectivity index (χ4n) is 1.82. The number of nitrogens with zero attached hydrogens (tertiary/aromatic N) is 2. The summed E-state index contributed by atoms with van der Waals surface area (Å²) in [6.45, 7) is 1.39. The first-order valence-electron chi connectivity index (χ1n) is 4.85. The minimum atomic E-state index is -4.76. The number of rotatable bonds is 1. The number of carbonyl (C=O) groups excluding carboxylic acids is 1. The molecule has 0 bridgehead atoms. The first-order chi connectivity index (χ1) is 6.82. The molecule has 6 heteroatoms. The molecule has 1 atom stereocenters. The number of halogens is 3. The molecule has 3 nitrogen and oxygen atoms in total.